The monoisotopic (exact) mass is 449 g/mol. The fourth-order valence-electron chi connectivity index (χ4n) is 4.49. The lowest BCUT2D eigenvalue weighted by molar-refractivity contribution is -0.118. The molecule has 0 saturated carbocycles. The number of para-hydroxylation sites is 1. The second-order valence-electron chi connectivity index (χ2n) is 8.02. The predicted octanol–water partition coefficient (Wildman–Crippen LogP) is 5.21. The van der Waals surface area contributed by atoms with Crippen LogP contribution < -0.4 is 15.0 Å². The summed E-state index contributed by atoms with van der Waals surface area (Å²) in [7, 11) is 1.61. The van der Waals surface area contributed by atoms with Crippen LogP contribution in [0.15, 0.2) is 103 Å². The molecule has 6 heteroatoms. The van der Waals surface area contributed by atoms with Gasteiger partial charge in [-0.25, -0.2) is 0 Å². The first-order valence-electron chi connectivity index (χ1n) is 11.0. The first-order valence-corrected chi connectivity index (χ1v) is 11.0. The number of hydrogen-bond acceptors (Lipinski definition) is 4. The van der Waals surface area contributed by atoms with Crippen molar-refractivity contribution in [1.29, 1.82) is 0 Å². The third-order valence-electron chi connectivity index (χ3n) is 6.04. The molecule has 2 heterocycles. The van der Waals surface area contributed by atoms with Gasteiger partial charge < -0.3 is 10.1 Å². The molecule has 168 valence electrons. The van der Waals surface area contributed by atoms with Crippen LogP contribution in [0.3, 0.4) is 0 Å². The average molecular weight is 450 g/mol. The largest absolute Gasteiger partial charge is 0.497 e. The van der Waals surface area contributed by atoms with E-state index >= 15 is 0 Å². The molecule has 1 N–H and O–H groups in total. The minimum absolute atomic E-state index is 0.145. The summed E-state index contributed by atoms with van der Waals surface area (Å²) >= 11 is 0. The number of anilines is 2. The van der Waals surface area contributed by atoms with Gasteiger partial charge in [0.2, 0.25) is 5.91 Å². The summed E-state index contributed by atoms with van der Waals surface area (Å²) in [6.45, 7) is 0. The van der Waals surface area contributed by atoms with Gasteiger partial charge >= 0.3 is 0 Å². The van der Waals surface area contributed by atoms with E-state index in [2.05, 4.69) is 10.3 Å². The van der Waals surface area contributed by atoms with Gasteiger partial charge in [0.1, 0.15) is 5.75 Å². The lowest BCUT2D eigenvalue weighted by Gasteiger charge is -2.41. The van der Waals surface area contributed by atoms with E-state index < -0.39 is 12.0 Å². The molecule has 5 rings (SSSR count). The fraction of sp³-hybridized carbons (Fsp3) is 0.107. The number of methoxy groups -OCH3 is 1. The number of amides is 2. The molecule has 6 nitrogen and oxygen atoms in total. The highest BCUT2D eigenvalue weighted by atomic mass is 16.5. The molecule has 0 spiro atoms. The smallest absolute Gasteiger partial charge is 0.259 e. The van der Waals surface area contributed by atoms with Crippen LogP contribution in [0.2, 0.25) is 0 Å². The molecule has 0 bridgehead atoms. The fourth-order valence-corrected chi connectivity index (χ4v) is 4.49. The summed E-state index contributed by atoms with van der Waals surface area (Å²) in [6.07, 6.45) is 3.26. The molecule has 2 amide bonds. The summed E-state index contributed by atoms with van der Waals surface area (Å²) in [6, 6.07) is 27.3. The van der Waals surface area contributed by atoms with Gasteiger partial charge in [0, 0.05) is 17.4 Å². The molecular formula is C28H23N3O3. The standard InChI is InChI=1S/C28H23N3O3/c1-34-22-15-13-19(14-16-22)26-25(27(32)30-20-8-7-17-29-18-20)23-11-5-6-12-24(23)28(33)31(26)21-9-3-2-4-10-21/h2-18,25-26H,1H3,(H,30,32)/t25-,26+/m1/s1. The highest BCUT2D eigenvalue weighted by Gasteiger charge is 2.44. The van der Waals surface area contributed by atoms with E-state index in [9.17, 15) is 9.59 Å². The van der Waals surface area contributed by atoms with E-state index in [0.717, 1.165) is 11.3 Å². The Balaban J connectivity index is 1.69. The van der Waals surface area contributed by atoms with Gasteiger partial charge in [-0.15, -0.1) is 0 Å². The summed E-state index contributed by atoms with van der Waals surface area (Å²) in [5.74, 6) is -0.306. The maximum absolute atomic E-state index is 13.8. The summed E-state index contributed by atoms with van der Waals surface area (Å²) in [5, 5.41) is 3.00. The van der Waals surface area contributed by atoms with E-state index in [1.54, 1.807) is 42.6 Å². The van der Waals surface area contributed by atoms with Crippen molar-refractivity contribution in [3.05, 3.63) is 120 Å². The number of benzene rings is 3. The van der Waals surface area contributed by atoms with E-state index in [1.165, 1.54) is 0 Å². The molecule has 1 aliphatic rings. The zero-order valence-electron chi connectivity index (χ0n) is 18.6. The third kappa shape index (κ3) is 3.90. The number of nitrogens with zero attached hydrogens (tertiary/aromatic N) is 2. The average Bonchev–Trinajstić information content (AvgIpc) is 2.89. The molecule has 0 radical (unpaired) electrons. The minimum Gasteiger partial charge on any atom is -0.497 e. The van der Waals surface area contributed by atoms with Gasteiger partial charge in [0.25, 0.3) is 5.91 Å². The van der Waals surface area contributed by atoms with Crippen molar-refractivity contribution in [2.75, 3.05) is 17.3 Å². The zero-order chi connectivity index (χ0) is 23.5. The second-order valence-corrected chi connectivity index (χ2v) is 8.02. The Labute approximate surface area is 197 Å². The first-order chi connectivity index (χ1) is 16.7. The van der Waals surface area contributed by atoms with Gasteiger partial charge in [-0.2, -0.15) is 0 Å². The number of pyridine rings is 1. The van der Waals surface area contributed by atoms with Crippen molar-refractivity contribution in [2.24, 2.45) is 0 Å². The van der Waals surface area contributed by atoms with Crippen LogP contribution in [0, 0.1) is 0 Å². The summed E-state index contributed by atoms with van der Waals surface area (Å²) in [4.78, 5) is 33.5. The number of hydrogen-bond donors (Lipinski definition) is 1. The van der Waals surface area contributed by atoms with E-state index in [-0.39, 0.29) is 11.8 Å². The van der Waals surface area contributed by atoms with Crippen LogP contribution >= 0.6 is 0 Å². The Morgan fingerprint density at radius 1 is 0.912 bits per heavy atom. The lowest BCUT2D eigenvalue weighted by atomic mass is 9.78. The molecule has 0 aliphatic carbocycles. The van der Waals surface area contributed by atoms with Gasteiger partial charge in [-0.1, -0.05) is 48.5 Å². The van der Waals surface area contributed by atoms with Gasteiger partial charge in [0.05, 0.1) is 31.0 Å². The Hall–Kier alpha value is -4.45. The van der Waals surface area contributed by atoms with Gasteiger partial charge in [-0.3, -0.25) is 19.5 Å². The van der Waals surface area contributed by atoms with Crippen molar-refractivity contribution in [3.8, 4) is 5.75 Å². The predicted molar refractivity (Wildman–Crippen MR) is 131 cm³/mol. The van der Waals surface area contributed by atoms with Crippen molar-refractivity contribution >= 4 is 23.2 Å². The highest BCUT2D eigenvalue weighted by molar-refractivity contribution is 6.12. The number of carbonyl (C=O) groups is 2. The van der Waals surface area contributed by atoms with Crippen LogP contribution in [-0.4, -0.2) is 23.9 Å². The summed E-state index contributed by atoms with van der Waals surface area (Å²) in [5.41, 5.74) is 3.37. The second kappa shape index (κ2) is 9.19. The normalized spacial score (nSPS) is 17.1. The molecule has 0 unspecified atom stereocenters. The lowest BCUT2D eigenvalue weighted by Crippen LogP contribution is -2.46. The topological polar surface area (TPSA) is 71.5 Å². The minimum atomic E-state index is -0.650. The van der Waals surface area contributed by atoms with Crippen molar-refractivity contribution in [3.63, 3.8) is 0 Å². The van der Waals surface area contributed by atoms with Crippen molar-refractivity contribution < 1.29 is 14.3 Å². The van der Waals surface area contributed by atoms with Crippen molar-refractivity contribution in [1.82, 2.24) is 4.98 Å². The zero-order valence-corrected chi connectivity index (χ0v) is 18.6. The molecule has 0 fully saturated rings. The SMILES string of the molecule is COc1ccc([C@H]2[C@H](C(=O)Nc3cccnc3)c3ccccc3C(=O)N2c2ccccc2)cc1. The molecule has 3 aromatic carbocycles. The third-order valence-corrected chi connectivity index (χ3v) is 6.04. The number of rotatable bonds is 5. The van der Waals surface area contributed by atoms with Crippen LogP contribution in [0.4, 0.5) is 11.4 Å². The Kier molecular flexibility index (Phi) is 5.79. The van der Waals surface area contributed by atoms with Crippen LogP contribution in [0.1, 0.15) is 33.4 Å². The Morgan fingerprint density at radius 3 is 2.35 bits per heavy atom. The number of fused-ring (bicyclic) bond motifs is 1. The number of ether oxygens (including phenoxy) is 1. The quantitative estimate of drug-likeness (QED) is 0.454. The highest BCUT2D eigenvalue weighted by Crippen LogP contribution is 2.45. The number of nitrogens with one attached hydrogen (secondary N) is 1. The van der Waals surface area contributed by atoms with Crippen LogP contribution in [-0.2, 0) is 4.79 Å². The van der Waals surface area contributed by atoms with E-state index in [0.29, 0.717) is 22.6 Å². The maximum Gasteiger partial charge on any atom is 0.259 e. The molecule has 34 heavy (non-hydrogen) atoms. The van der Waals surface area contributed by atoms with E-state index in [4.69, 9.17) is 4.74 Å². The summed E-state index contributed by atoms with van der Waals surface area (Å²) < 4.78 is 5.33. The molecule has 1 aliphatic heterocycles. The van der Waals surface area contributed by atoms with Gasteiger partial charge in [0.15, 0.2) is 0 Å². The molecule has 1 aromatic heterocycles. The molecular weight excluding hydrogens is 426 g/mol. The molecule has 0 saturated heterocycles. The Morgan fingerprint density at radius 2 is 1.65 bits per heavy atom. The molecule has 4 aromatic rings. The molecule has 2 atom stereocenters. The first kappa shape index (κ1) is 21.4. The maximum atomic E-state index is 13.8. The van der Waals surface area contributed by atoms with Crippen LogP contribution in [0.5, 0.6) is 5.75 Å². The van der Waals surface area contributed by atoms with Gasteiger partial charge in [-0.05, 0) is 53.6 Å². The Bertz CT molecular complexity index is 1310. The van der Waals surface area contributed by atoms with E-state index in [1.807, 2.05) is 72.8 Å². The number of aromatic nitrogens is 1. The van der Waals surface area contributed by atoms with Crippen LogP contribution in [0.25, 0.3) is 0 Å². The number of carbonyl (C=O) groups excluding carboxylic acids is 2. The van der Waals surface area contributed by atoms with Crippen molar-refractivity contribution in [2.45, 2.75) is 12.0 Å².